The molecule has 0 spiro atoms. The number of ether oxygens (including phenoxy) is 1. The Balaban J connectivity index is 1.73. The van der Waals surface area contributed by atoms with Gasteiger partial charge in [-0.15, -0.1) is 0 Å². The second kappa shape index (κ2) is 8.72. The number of hydrogen-bond donors (Lipinski definition) is 6. The maximum atomic E-state index is 13.3. The predicted molar refractivity (Wildman–Crippen MR) is 120 cm³/mol. The minimum atomic E-state index is -1.71. The molecule has 0 amide bonds. The number of fused-ring (bicyclic) bond motifs is 2. The van der Waals surface area contributed by atoms with Crippen LogP contribution in [0.15, 0.2) is 24.3 Å². The first-order valence-corrected chi connectivity index (χ1v) is 11.1. The quantitative estimate of drug-likeness (QED) is 0.307. The molecular weight excluding hydrogens is 460 g/mol. The largest absolute Gasteiger partial charge is 0.507 e. The maximum Gasteiger partial charge on any atom is 0.306 e. The first-order valence-electron chi connectivity index (χ1n) is 11.1. The van der Waals surface area contributed by atoms with Crippen molar-refractivity contribution in [2.24, 2.45) is 0 Å². The Kier molecular flexibility index (Phi) is 6.18. The van der Waals surface area contributed by atoms with Gasteiger partial charge in [0, 0.05) is 29.5 Å². The molecule has 10 nitrogen and oxygen atoms in total. The fourth-order valence-electron chi connectivity index (χ4n) is 4.82. The molecule has 1 fully saturated rings. The number of rotatable bonds is 5. The normalized spacial score (nSPS) is 25.5. The fourth-order valence-corrected chi connectivity index (χ4v) is 4.82. The Morgan fingerprint density at radius 3 is 2.17 bits per heavy atom. The van der Waals surface area contributed by atoms with E-state index in [1.54, 1.807) is 6.92 Å². The molecule has 0 saturated carbocycles. The van der Waals surface area contributed by atoms with E-state index >= 15 is 0 Å². The van der Waals surface area contributed by atoms with Crippen LogP contribution in [0.4, 0.5) is 0 Å². The number of carbonyl (C=O) groups excluding carboxylic acids is 2. The van der Waals surface area contributed by atoms with E-state index in [1.807, 2.05) is 0 Å². The third-order valence-corrected chi connectivity index (χ3v) is 6.57. The number of aromatic hydroxyl groups is 2. The molecule has 0 radical (unpaired) electrons. The van der Waals surface area contributed by atoms with Crippen molar-refractivity contribution in [2.45, 2.75) is 63.1 Å². The SMILES string of the molecule is C[C@H]1O[C@@H](c2ccc3c(c2O)C(=O)c2ccc(C[C@@](C)(O)CC(=O)O)c(O)c2C3=O)C[C@@H](O)[C@@H]1O. The van der Waals surface area contributed by atoms with Crippen molar-refractivity contribution in [1.29, 1.82) is 0 Å². The van der Waals surface area contributed by atoms with Crippen molar-refractivity contribution in [1.82, 2.24) is 0 Å². The molecule has 1 saturated heterocycles. The van der Waals surface area contributed by atoms with E-state index in [2.05, 4.69) is 0 Å². The fraction of sp³-hybridized carbons (Fsp3) is 0.400. The summed E-state index contributed by atoms with van der Waals surface area (Å²) in [6.07, 6.45) is -4.67. The van der Waals surface area contributed by atoms with Crippen LogP contribution in [0.25, 0.3) is 0 Å². The van der Waals surface area contributed by atoms with E-state index in [9.17, 15) is 39.9 Å². The molecule has 1 aliphatic carbocycles. The standard InChI is InChI=1S/C25H26O10/c1-10-20(29)15(26)7-16(35-10)12-5-6-14-19(22(12)31)24(33)13-4-3-11(21(30)18(13)23(14)32)8-25(2,34)9-17(27)28/h3-6,10,15-16,20,26,29-31,34H,7-9H2,1-2H3,(H,27,28)/t10-,15-,16-,20-,25-/m1/s1. The Hall–Kier alpha value is -3.31. The molecule has 0 bridgehead atoms. The van der Waals surface area contributed by atoms with E-state index in [1.165, 1.54) is 31.2 Å². The van der Waals surface area contributed by atoms with Gasteiger partial charge in [0.05, 0.1) is 41.5 Å². The molecule has 0 unspecified atom stereocenters. The first-order chi connectivity index (χ1) is 16.3. The van der Waals surface area contributed by atoms with E-state index < -0.39 is 65.5 Å². The van der Waals surface area contributed by atoms with Gasteiger partial charge in [-0.25, -0.2) is 0 Å². The monoisotopic (exact) mass is 486 g/mol. The van der Waals surface area contributed by atoms with Crippen molar-refractivity contribution < 1.29 is 49.8 Å². The highest BCUT2D eigenvalue weighted by Gasteiger charge is 2.40. The van der Waals surface area contributed by atoms with Gasteiger partial charge in [-0.05, 0) is 31.5 Å². The zero-order valence-corrected chi connectivity index (χ0v) is 19.1. The maximum absolute atomic E-state index is 13.3. The van der Waals surface area contributed by atoms with Crippen LogP contribution >= 0.6 is 0 Å². The summed E-state index contributed by atoms with van der Waals surface area (Å²) in [6, 6.07) is 5.33. The van der Waals surface area contributed by atoms with Gasteiger partial charge < -0.3 is 35.4 Å². The van der Waals surface area contributed by atoms with Crippen LogP contribution in [0.1, 0.15) is 75.8 Å². The van der Waals surface area contributed by atoms with E-state index in [4.69, 9.17) is 9.84 Å². The first kappa shape index (κ1) is 24.8. The number of aliphatic carboxylic acids is 1. The average Bonchev–Trinajstić information content (AvgIpc) is 2.75. The van der Waals surface area contributed by atoms with Crippen molar-refractivity contribution >= 4 is 17.5 Å². The molecule has 10 heteroatoms. The third kappa shape index (κ3) is 4.30. The highest BCUT2D eigenvalue weighted by Crippen LogP contribution is 2.43. The molecule has 186 valence electrons. The molecule has 4 rings (SSSR count). The zero-order chi connectivity index (χ0) is 25.8. The number of phenolic OH excluding ortho intramolecular Hbond substituents is 2. The van der Waals surface area contributed by atoms with Crippen molar-refractivity contribution in [2.75, 3.05) is 0 Å². The lowest BCUT2D eigenvalue weighted by atomic mass is 9.79. The zero-order valence-electron chi connectivity index (χ0n) is 19.1. The second-order valence-corrected chi connectivity index (χ2v) is 9.45. The Morgan fingerprint density at radius 2 is 1.60 bits per heavy atom. The predicted octanol–water partition coefficient (Wildman–Crippen LogP) is 1.21. The number of hydrogen-bond acceptors (Lipinski definition) is 9. The van der Waals surface area contributed by atoms with Crippen molar-refractivity contribution in [3.63, 3.8) is 0 Å². The summed E-state index contributed by atoms with van der Waals surface area (Å²) >= 11 is 0. The number of benzene rings is 2. The van der Waals surface area contributed by atoms with Crippen LogP contribution < -0.4 is 0 Å². The summed E-state index contributed by atoms with van der Waals surface area (Å²) in [6.45, 7) is 2.85. The molecule has 0 aromatic heterocycles. The van der Waals surface area contributed by atoms with Crippen LogP contribution in [0, 0.1) is 0 Å². The van der Waals surface area contributed by atoms with Crippen LogP contribution in [0.3, 0.4) is 0 Å². The summed E-state index contributed by atoms with van der Waals surface area (Å²) < 4.78 is 5.70. The molecule has 35 heavy (non-hydrogen) atoms. The number of ketones is 2. The molecular formula is C25H26O10. The van der Waals surface area contributed by atoms with Gasteiger partial charge >= 0.3 is 5.97 Å². The number of aliphatic hydroxyl groups excluding tert-OH is 2. The van der Waals surface area contributed by atoms with Crippen LogP contribution in [-0.2, 0) is 16.0 Å². The molecule has 2 aliphatic rings. The molecule has 2 aromatic rings. The highest BCUT2D eigenvalue weighted by molar-refractivity contribution is 6.30. The Bertz CT molecular complexity index is 1220. The lowest BCUT2D eigenvalue weighted by Gasteiger charge is -2.36. The van der Waals surface area contributed by atoms with Gasteiger partial charge in [0.25, 0.3) is 0 Å². The summed E-state index contributed by atoms with van der Waals surface area (Å²) in [5, 5.41) is 61.1. The lowest BCUT2D eigenvalue weighted by molar-refractivity contribution is -0.163. The van der Waals surface area contributed by atoms with Crippen molar-refractivity contribution in [3.8, 4) is 11.5 Å². The molecule has 2 aromatic carbocycles. The van der Waals surface area contributed by atoms with Gasteiger partial charge in [-0.2, -0.15) is 0 Å². The topological polar surface area (TPSA) is 182 Å². The van der Waals surface area contributed by atoms with Gasteiger partial charge in [0.2, 0.25) is 0 Å². The summed E-state index contributed by atoms with van der Waals surface area (Å²) in [5.74, 6) is -3.69. The van der Waals surface area contributed by atoms with E-state index in [0.29, 0.717) is 0 Å². The Morgan fingerprint density at radius 1 is 1.03 bits per heavy atom. The molecule has 1 heterocycles. The minimum Gasteiger partial charge on any atom is -0.507 e. The highest BCUT2D eigenvalue weighted by atomic mass is 16.5. The van der Waals surface area contributed by atoms with Gasteiger partial charge in [0.1, 0.15) is 17.6 Å². The number of carboxylic acids is 1. The molecule has 6 N–H and O–H groups in total. The lowest BCUT2D eigenvalue weighted by Crippen LogP contribution is -2.44. The minimum absolute atomic E-state index is 0.0308. The van der Waals surface area contributed by atoms with E-state index in [-0.39, 0.29) is 46.2 Å². The van der Waals surface area contributed by atoms with Crippen LogP contribution in [0.2, 0.25) is 0 Å². The smallest absolute Gasteiger partial charge is 0.306 e. The van der Waals surface area contributed by atoms with E-state index in [0.717, 1.165) is 0 Å². The third-order valence-electron chi connectivity index (χ3n) is 6.57. The number of carbonyl (C=O) groups is 3. The molecule has 1 aliphatic heterocycles. The number of aliphatic hydroxyl groups is 3. The van der Waals surface area contributed by atoms with Gasteiger partial charge in [-0.3, -0.25) is 14.4 Å². The molecule has 5 atom stereocenters. The van der Waals surface area contributed by atoms with Gasteiger partial charge in [-0.1, -0.05) is 12.1 Å². The van der Waals surface area contributed by atoms with Crippen LogP contribution in [0.5, 0.6) is 11.5 Å². The number of carboxylic acid groups (broad SMARTS) is 1. The summed E-state index contributed by atoms with van der Waals surface area (Å²) in [5.41, 5.74) is -2.28. The summed E-state index contributed by atoms with van der Waals surface area (Å²) in [4.78, 5) is 37.6. The van der Waals surface area contributed by atoms with Gasteiger partial charge in [0.15, 0.2) is 11.6 Å². The number of phenols is 2. The van der Waals surface area contributed by atoms with Crippen molar-refractivity contribution in [3.05, 3.63) is 57.6 Å². The Labute approximate surface area is 200 Å². The average molecular weight is 486 g/mol. The second-order valence-electron chi connectivity index (χ2n) is 9.45. The summed E-state index contributed by atoms with van der Waals surface area (Å²) in [7, 11) is 0. The van der Waals surface area contributed by atoms with Crippen LogP contribution in [-0.4, -0.2) is 72.1 Å².